The van der Waals surface area contributed by atoms with Gasteiger partial charge in [0.1, 0.15) is 24.2 Å². The van der Waals surface area contributed by atoms with E-state index < -0.39 is 41.6 Å². The third-order valence-electron chi connectivity index (χ3n) is 4.72. The highest BCUT2D eigenvalue weighted by molar-refractivity contribution is 5.91. The van der Waals surface area contributed by atoms with Gasteiger partial charge in [0.25, 0.3) is 0 Å². The van der Waals surface area contributed by atoms with Gasteiger partial charge in [-0.1, -0.05) is 30.3 Å². The minimum absolute atomic E-state index is 0.283. The Morgan fingerprint density at radius 1 is 0.941 bits per heavy atom. The van der Waals surface area contributed by atoms with Crippen molar-refractivity contribution in [3.05, 3.63) is 35.9 Å². The second kappa shape index (κ2) is 14.9. The molecule has 3 amide bonds. The largest absolute Gasteiger partial charge is 0.468 e. The zero-order chi connectivity index (χ0) is 26.5. The number of likely N-dealkylation sites (N-methyl/N-ethyl adjacent to an activating group) is 2. The average molecular weight is 482 g/mol. The highest BCUT2D eigenvalue weighted by Crippen LogP contribution is 2.12. The molecule has 0 saturated carbocycles. The van der Waals surface area contributed by atoms with Gasteiger partial charge in [-0.15, -0.1) is 0 Å². The number of ether oxygens (including phenoxy) is 3. The summed E-state index contributed by atoms with van der Waals surface area (Å²) in [5, 5.41) is 2.38. The number of amides is 3. The van der Waals surface area contributed by atoms with Crippen LogP contribution in [0.4, 0.5) is 4.79 Å². The molecule has 0 fully saturated rings. The molecule has 1 N–H and O–H groups in total. The lowest BCUT2D eigenvalue weighted by molar-refractivity contribution is -0.144. The van der Waals surface area contributed by atoms with E-state index in [4.69, 9.17) is 9.47 Å². The van der Waals surface area contributed by atoms with Gasteiger partial charge in [-0.25, -0.2) is 4.79 Å². The maximum absolute atomic E-state index is 12.5. The van der Waals surface area contributed by atoms with Gasteiger partial charge in [-0.2, -0.15) is 0 Å². The summed E-state index contributed by atoms with van der Waals surface area (Å²) in [5.41, 5.74) is 0.543. The van der Waals surface area contributed by atoms with E-state index in [-0.39, 0.29) is 6.54 Å². The van der Waals surface area contributed by atoms with Crippen molar-refractivity contribution in [1.82, 2.24) is 15.1 Å². The van der Waals surface area contributed by atoms with Crippen molar-refractivity contribution in [2.24, 2.45) is 0 Å². The van der Waals surface area contributed by atoms with Crippen molar-refractivity contribution in [1.29, 1.82) is 0 Å². The van der Waals surface area contributed by atoms with Crippen molar-refractivity contribution in [3.8, 4) is 0 Å². The minimum atomic E-state index is -0.827. The Morgan fingerprint density at radius 2 is 1.50 bits per heavy atom. The summed E-state index contributed by atoms with van der Waals surface area (Å²) >= 11 is 0. The summed E-state index contributed by atoms with van der Waals surface area (Å²) < 4.78 is 14.6. The second-order valence-electron chi connectivity index (χ2n) is 8.60. The molecular formula is C24H39N3O7. The van der Waals surface area contributed by atoms with Gasteiger partial charge in [0.15, 0.2) is 0 Å². The van der Waals surface area contributed by atoms with Crippen LogP contribution in [-0.4, -0.2) is 86.2 Å². The molecule has 2 unspecified atom stereocenters. The first-order valence-electron chi connectivity index (χ1n) is 10.8. The van der Waals surface area contributed by atoms with Crippen LogP contribution in [0.25, 0.3) is 0 Å². The van der Waals surface area contributed by atoms with Crippen molar-refractivity contribution in [2.75, 3.05) is 34.9 Å². The molecule has 0 bridgehead atoms. The fourth-order valence-corrected chi connectivity index (χ4v) is 2.44. The molecule has 1 rings (SSSR count). The molecule has 192 valence electrons. The van der Waals surface area contributed by atoms with Crippen molar-refractivity contribution in [3.63, 3.8) is 0 Å². The molecule has 0 aromatic heterocycles. The van der Waals surface area contributed by atoms with E-state index >= 15 is 0 Å². The molecule has 34 heavy (non-hydrogen) atoms. The molecule has 1 aromatic rings. The predicted molar refractivity (Wildman–Crippen MR) is 128 cm³/mol. The zero-order valence-electron chi connectivity index (χ0n) is 21.7. The Bertz CT molecular complexity index is 794. The van der Waals surface area contributed by atoms with Gasteiger partial charge < -0.3 is 24.4 Å². The molecule has 0 aliphatic rings. The summed E-state index contributed by atoms with van der Waals surface area (Å²) in [7, 11) is 5.81. The Labute approximate surface area is 202 Å². The lowest BCUT2D eigenvalue weighted by Gasteiger charge is -2.32. The van der Waals surface area contributed by atoms with Crippen LogP contribution in [0.15, 0.2) is 30.3 Å². The molecule has 0 spiro atoms. The number of esters is 1. The number of nitrogens with one attached hydrogen (secondary N) is 1. The predicted octanol–water partition coefficient (Wildman–Crippen LogP) is 2.21. The van der Waals surface area contributed by atoms with E-state index in [0.29, 0.717) is 6.61 Å². The monoisotopic (exact) mass is 481 g/mol. The lowest BCUT2D eigenvalue weighted by Crippen LogP contribution is -2.53. The van der Waals surface area contributed by atoms with Crippen LogP contribution in [0.3, 0.4) is 0 Å². The van der Waals surface area contributed by atoms with Gasteiger partial charge in [0, 0.05) is 21.2 Å². The summed E-state index contributed by atoms with van der Waals surface area (Å²) in [6.45, 7) is 8.67. The molecule has 10 heteroatoms. The van der Waals surface area contributed by atoms with E-state index in [2.05, 4.69) is 10.1 Å². The van der Waals surface area contributed by atoms with Crippen molar-refractivity contribution < 1.29 is 33.4 Å². The SMILES string of the molecule is COC(=O)CNC(=O)C(C)N(C)C(=O)C(C)N(C)C(=O)OC(C)(C)C.COCc1ccccc1. The first-order valence-corrected chi connectivity index (χ1v) is 10.8. The molecule has 0 aliphatic heterocycles. The van der Waals surface area contributed by atoms with Crippen LogP contribution in [0.5, 0.6) is 0 Å². The first-order chi connectivity index (χ1) is 15.7. The average Bonchev–Trinajstić information content (AvgIpc) is 2.79. The summed E-state index contributed by atoms with van der Waals surface area (Å²) in [4.78, 5) is 50.0. The molecule has 1 aromatic carbocycles. The van der Waals surface area contributed by atoms with Crippen LogP contribution in [0.1, 0.15) is 40.2 Å². The summed E-state index contributed by atoms with van der Waals surface area (Å²) in [6, 6.07) is 8.46. The van der Waals surface area contributed by atoms with Crippen LogP contribution >= 0.6 is 0 Å². The van der Waals surface area contributed by atoms with E-state index in [0.717, 1.165) is 0 Å². The number of methoxy groups -OCH3 is 2. The quantitative estimate of drug-likeness (QED) is 0.566. The number of rotatable bonds is 8. The summed E-state index contributed by atoms with van der Waals surface area (Å²) in [5.74, 6) is -1.53. The molecule has 0 heterocycles. The third kappa shape index (κ3) is 11.6. The highest BCUT2D eigenvalue weighted by atomic mass is 16.6. The van der Waals surface area contributed by atoms with Crippen LogP contribution < -0.4 is 5.32 Å². The Morgan fingerprint density at radius 3 is 1.97 bits per heavy atom. The number of benzene rings is 1. The number of hydrogen-bond donors (Lipinski definition) is 1. The van der Waals surface area contributed by atoms with Gasteiger partial charge >= 0.3 is 12.1 Å². The fraction of sp³-hybridized carbons (Fsp3) is 0.583. The maximum Gasteiger partial charge on any atom is 0.410 e. The number of carbonyl (C=O) groups excluding carboxylic acids is 4. The zero-order valence-corrected chi connectivity index (χ0v) is 21.7. The molecule has 2 atom stereocenters. The highest BCUT2D eigenvalue weighted by Gasteiger charge is 2.32. The normalized spacial score (nSPS) is 12.3. The standard InChI is InChI=1S/C16H29N3O6.C8H10O/c1-10(13(21)17-9-12(20)24-8)18(6)14(22)11(2)19(7)15(23)25-16(3,4)5;1-9-7-8-5-3-2-4-6-8/h10-11H,9H2,1-8H3,(H,17,21);2-6H,7H2,1H3. The van der Waals surface area contributed by atoms with Crippen molar-refractivity contribution >= 4 is 23.9 Å². The molecule has 10 nitrogen and oxygen atoms in total. The number of nitrogens with zero attached hydrogens (tertiary/aromatic N) is 2. The molecule has 0 saturated heterocycles. The van der Waals surface area contributed by atoms with Gasteiger partial charge in [-0.3, -0.25) is 19.3 Å². The van der Waals surface area contributed by atoms with Crippen LogP contribution in [0.2, 0.25) is 0 Å². The van der Waals surface area contributed by atoms with Gasteiger partial charge in [0.2, 0.25) is 11.8 Å². The number of hydrogen-bond acceptors (Lipinski definition) is 7. The fourth-order valence-electron chi connectivity index (χ4n) is 2.44. The molecule has 0 aliphatic carbocycles. The molecule has 0 radical (unpaired) electrons. The van der Waals surface area contributed by atoms with Crippen LogP contribution in [-0.2, 0) is 35.2 Å². The van der Waals surface area contributed by atoms with E-state index in [1.807, 2.05) is 30.3 Å². The number of carbonyl (C=O) groups is 4. The maximum atomic E-state index is 12.5. The molecular weight excluding hydrogens is 442 g/mol. The van der Waals surface area contributed by atoms with E-state index in [9.17, 15) is 19.2 Å². The topological polar surface area (TPSA) is 114 Å². The minimum Gasteiger partial charge on any atom is -0.468 e. The van der Waals surface area contributed by atoms with Gasteiger partial charge in [-0.05, 0) is 40.2 Å². The summed E-state index contributed by atoms with van der Waals surface area (Å²) in [6.07, 6.45) is -0.635. The smallest absolute Gasteiger partial charge is 0.410 e. The second-order valence-corrected chi connectivity index (χ2v) is 8.60. The Balaban J connectivity index is 0.000000999. The first kappa shape index (κ1) is 30.9. The van der Waals surface area contributed by atoms with Crippen molar-refractivity contribution in [2.45, 2.75) is 58.9 Å². The third-order valence-corrected chi connectivity index (χ3v) is 4.72. The lowest BCUT2D eigenvalue weighted by atomic mass is 10.2. The Kier molecular flexibility index (Phi) is 13.5. The van der Waals surface area contributed by atoms with E-state index in [1.165, 1.54) is 43.5 Å². The van der Waals surface area contributed by atoms with Gasteiger partial charge in [0.05, 0.1) is 13.7 Å². The Hall–Kier alpha value is -3.14. The van der Waals surface area contributed by atoms with E-state index in [1.54, 1.807) is 34.8 Å². The van der Waals surface area contributed by atoms with Crippen LogP contribution in [0, 0.1) is 0 Å².